The molecule has 0 aliphatic heterocycles. The zero-order valence-electron chi connectivity index (χ0n) is 17.6. The number of rotatable bonds is 4. The third kappa shape index (κ3) is 3.98. The quantitative estimate of drug-likeness (QED) is 0.350. The van der Waals surface area contributed by atoms with Crippen molar-refractivity contribution in [3.05, 3.63) is 106 Å². The Morgan fingerprint density at radius 2 is 1.61 bits per heavy atom. The average Bonchev–Trinajstić information content (AvgIpc) is 2.84. The van der Waals surface area contributed by atoms with E-state index in [-0.39, 0.29) is 11.4 Å². The molecule has 2 N–H and O–H groups in total. The molecule has 0 radical (unpaired) electrons. The number of H-pyrrole nitrogens is 1. The van der Waals surface area contributed by atoms with Crippen LogP contribution in [0, 0.1) is 11.3 Å². The smallest absolute Gasteiger partial charge is 0.258 e. The zero-order chi connectivity index (χ0) is 22.8. The maximum Gasteiger partial charge on any atom is 0.258 e. The van der Waals surface area contributed by atoms with Gasteiger partial charge in [0.25, 0.3) is 5.56 Å². The summed E-state index contributed by atoms with van der Waals surface area (Å²) in [6.45, 7) is 0. The minimum Gasteiger partial charge on any atom is -0.494 e. The van der Waals surface area contributed by atoms with Gasteiger partial charge < -0.3 is 5.11 Å². The zero-order valence-corrected chi connectivity index (χ0v) is 17.6. The molecule has 0 amide bonds. The first-order chi connectivity index (χ1) is 16.1. The van der Waals surface area contributed by atoms with Gasteiger partial charge in [-0.05, 0) is 57.8 Å². The van der Waals surface area contributed by atoms with Crippen molar-refractivity contribution in [2.45, 2.75) is 6.42 Å². The maximum absolute atomic E-state index is 12.5. The lowest BCUT2D eigenvalue weighted by atomic mass is 9.97. The largest absolute Gasteiger partial charge is 0.494 e. The van der Waals surface area contributed by atoms with Crippen LogP contribution in [0.2, 0.25) is 0 Å². The number of nitrogens with zero attached hydrogens (tertiary/aromatic N) is 2. The predicted octanol–water partition coefficient (Wildman–Crippen LogP) is 5.87. The molecule has 0 atom stereocenters. The molecule has 0 fully saturated rings. The third-order valence-electron chi connectivity index (χ3n) is 5.69. The van der Waals surface area contributed by atoms with Crippen LogP contribution in [0.25, 0.3) is 32.7 Å². The first-order valence-electron chi connectivity index (χ1n) is 10.5. The monoisotopic (exact) mass is 429 g/mol. The van der Waals surface area contributed by atoms with Gasteiger partial charge in [0.2, 0.25) is 5.88 Å². The maximum atomic E-state index is 12.5. The van der Waals surface area contributed by atoms with Crippen LogP contribution in [0.15, 0.2) is 94.7 Å². The summed E-state index contributed by atoms with van der Waals surface area (Å²) in [5.41, 5.74) is 3.63. The van der Waals surface area contributed by atoms with Crippen molar-refractivity contribution < 1.29 is 5.11 Å². The second-order valence-electron chi connectivity index (χ2n) is 7.80. The molecule has 0 bridgehead atoms. The molecular weight excluding hydrogens is 410 g/mol. The van der Waals surface area contributed by atoms with Gasteiger partial charge in [-0.25, -0.2) is 0 Å². The van der Waals surface area contributed by atoms with Crippen molar-refractivity contribution in [2.75, 3.05) is 0 Å². The molecule has 158 valence electrons. The molecule has 5 nitrogen and oxygen atoms in total. The van der Waals surface area contributed by atoms with E-state index < -0.39 is 0 Å². The Labute approximate surface area is 189 Å². The molecular formula is C28H19N3O2. The van der Waals surface area contributed by atoms with Crippen LogP contribution >= 0.6 is 0 Å². The van der Waals surface area contributed by atoms with Gasteiger partial charge in [0, 0.05) is 17.0 Å². The first kappa shape index (κ1) is 20.2. The molecule has 0 spiro atoms. The lowest BCUT2D eigenvalue weighted by Gasteiger charge is -2.09. The number of aromatic hydroxyl groups is 1. The van der Waals surface area contributed by atoms with Crippen molar-refractivity contribution >= 4 is 33.4 Å². The SMILES string of the molecule is N#CCc1ccc(N=Cc2c(O)[nH]c(=O)c3ccc(-c4ccc5ccccc5c4)cc23)cc1. The van der Waals surface area contributed by atoms with Gasteiger partial charge >= 0.3 is 0 Å². The van der Waals surface area contributed by atoms with Crippen molar-refractivity contribution in [2.24, 2.45) is 4.99 Å². The Morgan fingerprint density at radius 1 is 0.879 bits per heavy atom. The Balaban J connectivity index is 1.60. The van der Waals surface area contributed by atoms with E-state index in [1.54, 1.807) is 12.3 Å². The number of hydrogen-bond donors (Lipinski definition) is 2. The van der Waals surface area contributed by atoms with Crippen LogP contribution in [0.3, 0.4) is 0 Å². The summed E-state index contributed by atoms with van der Waals surface area (Å²) in [4.78, 5) is 19.4. The van der Waals surface area contributed by atoms with Gasteiger partial charge in [-0.15, -0.1) is 0 Å². The van der Waals surface area contributed by atoms with E-state index in [2.05, 4.69) is 40.3 Å². The summed E-state index contributed by atoms with van der Waals surface area (Å²) in [6.07, 6.45) is 1.89. The molecule has 0 aliphatic carbocycles. The normalized spacial score (nSPS) is 11.2. The fraction of sp³-hybridized carbons (Fsp3) is 0.0357. The Bertz CT molecular complexity index is 1620. The molecule has 0 aliphatic rings. The van der Waals surface area contributed by atoms with Gasteiger partial charge in [0.05, 0.1) is 23.7 Å². The number of benzene rings is 4. The van der Waals surface area contributed by atoms with Gasteiger partial charge in [-0.1, -0.05) is 54.6 Å². The highest BCUT2D eigenvalue weighted by molar-refractivity contribution is 6.03. The van der Waals surface area contributed by atoms with Gasteiger partial charge in [0.15, 0.2) is 0 Å². The number of aromatic nitrogens is 1. The van der Waals surface area contributed by atoms with E-state index in [4.69, 9.17) is 5.26 Å². The molecule has 0 saturated heterocycles. The topological polar surface area (TPSA) is 89.2 Å². The number of nitriles is 1. The molecule has 33 heavy (non-hydrogen) atoms. The molecule has 4 aromatic carbocycles. The van der Waals surface area contributed by atoms with Gasteiger partial charge in [0.1, 0.15) is 0 Å². The third-order valence-corrected chi connectivity index (χ3v) is 5.69. The molecule has 0 saturated carbocycles. The van der Waals surface area contributed by atoms with Crippen LogP contribution in [-0.4, -0.2) is 16.3 Å². The summed E-state index contributed by atoms with van der Waals surface area (Å²) in [7, 11) is 0. The Hall–Kier alpha value is -4.69. The molecule has 1 aromatic heterocycles. The van der Waals surface area contributed by atoms with E-state index >= 15 is 0 Å². The Morgan fingerprint density at radius 3 is 2.39 bits per heavy atom. The summed E-state index contributed by atoms with van der Waals surface area (Å²) >= 11 is 0. The van der Waals surface area contributed by atoms with Crippen LogP contribution in [0.4, 0.5) is 5.69 Å². The van der Waals surface area contributed by atoms with Crippen molar-refractivity contribution in [1.82, 2.24) is 4.98 Å². The molecule has 0 unspecified atom stereocenters. The number of fused-ring (bicyclic) bond motifs is 2. The van der Waals surface area contributed by atoms with Crippen LogP contribution in [0.5, 0.6) is 5.88 Å². The summed E-state index contributed by atoms with van der Waals surface area (Å²) in [6, 6.07) is 29.4. The number of aromatic amines is 1. The van der Waals surface area contributed by atoms with Crippen molar-refractivity contribution in [1.29, 1.82) is 5.26 Å². The van der Waals surface area contributed by atoms with Crippen LogP contribution in [-0.2, 0) is 6.42 Å². The number of aliphatic imine (C=N–C) groups is 1. The van der Waals surface area contributed by atoms with Crippen molar-refractivity contribution in [3.8, 4) is 23.1 Å². The minimum atomic E-state index is -0.356. The highest BCUT2D eigenvalue weighted by atomic mass is 16.3. The standard InChI is InChI=1S/C28H19N3O2/c29-14-13-18-5-10-23(11-6-18)30-17-26-25-16-22(9-12-24(25)27(32)31-28(26)33)21-8-7-19-3-1-2-4-20(19)15-21/h1-12,15-17H,13H2,(H2,31,32,33). The van der Waals surface area contributed by atoms with Crippen LogP contribution < -0.4 is 5.56 Å². The summed E-state index contributed by atoms with van der Waals surface area (Å²) < 4.78 is 0. The highest BCUT2D eigenvalue weighted by Crippen LogP contribution is 2.29. The predicted molar refractivity (Wildman–Crippen MR) is 132 cm³/mol. The van der Waals surface area contributed by atoms with E-state index in [1.165, 1.54) is 0 Å². The van der Waals surface area contributed by atoms with Crippen molar-refractivity contribution in [3.63, 3.8) is 0 Å². The van der Waals surface area contributed by atoms with Crippen LogP contribution in [0.1, 0.15) is 11.1 Å². The molecule has 1 heterocycles. The minimum absolute atomic E-state index is 0.229. The van der Waals surface area contributed by atoms with Gasteiger partial charge in [-0.2, -0.15) is 5.26 Å². The number of pyridine rings is 1. The van der Waals surface area contributed by atoms with E-state index in [0.717, 1.165) is 27.5 Å². The second-order valence-corrected chi connectivity index (χ2v) is 7.80. The molecule has 5 rings (SSSR count). The first-order valence-corrected chi connectivity index (χ1v) is 10.5. The number of hydrogen-bond acceptors (Lipinski definition) is 4. The number of nitrogens with one attached hydrogen (secondary N) is 1. The van der Waals surface area contributed by atoms with E-state index in [1.807, 2.05) is 54.6 Å². The Kier molecular flexibility index (Phi) is 5.18. The molecule has 5 aromatic rings. The lowest BCUT2D eigenvalue weighted by molar-refractivity contribution is 0.452. The van der Waals surface area contributed by atoms with Gasteiger partial charge in [-0.3, -0.25) is 14.8 Å². The summed E-state index contributed by atoms with van der Waals surface area (Å²) in [5.74, 6) is -0.229. The second kappa shape index (κ2) is 8.45. The average molecular weight is 429 g/mol. The highest BCUT2D eigenvalue weighted by Gasteiger charge is 2.11. The molecule has 5 heteroatoms. The fourth-order valence-electron chi connectivity index (χ4n) is 3.94. The lowest BCUT2D eigenvalue weighted by Crippen LogP contribution is -2.08. The van der Waals surface area contributed by atoms with E-state index in [0.29, 0.717) is 28.4 Å². The summed E-state index contributed by atoms with van der Waals surface area (Å²) in [5, 5.41) is 22.7. The van der Waals surface area contributed by atoms with E-state index in [9.17, 15) is 9.90 Å². The fourth-order valence-corrected chi connectivity index (χ4v) is 3.94.